The summed E-state index contributed by atoms with van der Waals surface area (Å²) in [5, 5.41) is 7.26. The van der Waals surface area contributed by atoms with Gasteiger partial charge < -0.3 is 19.7 Å². The number of anilines is 1. The zero-order valence-corrected chi connectivity index (χ0v) is 25.1. The van der Waals surface area contributed by atoms with Gasteiger partial charge in [0.15, 0.2) is 5.78 Å². The number of ether oxygens (including phenoxy) is 2. The highest BCUT2D eigenvalue weighted by Crippen LogP contribution is 2.30. The molecule has 0 unspecified atom stereocenters. The fraction of sp³-hybridized carbons (Fsp3) is 0.286. The molecule has 0 saturated heterocycles. The van der Waals surface area contributed by atoms with Crippen LogP contribution in [0.2, 0.25) is 0 Å². The number of nitrogens with one attached hydrogen (secondary N) is 1. The van der Waals surface area contributed by atoms with Crippen LogP contribution in [-0.4, -0.2) is 55.4 Å². The van der Waals surface area contributed by atoms with Crippen LogP contribution in [0.4, 0.5) is 5.69 Å². The lowest BCUT2D eigenvalue weighted by Gasteiger charge is -2.23. The molecule has 3 aromatic carbocycles. The first kappa shape index (κ1) is 30.0. The number of ketones is 1. The summed E-state index contributed by atoms with van der Waals surface area (Å²) in [6.45, 7) is 1.73. The Kier molecular flexibility index (Phi) is 10.2. The summed E-state index contributed by atoms with van der Waals surface area (Å²) in [5.74, 6) is 0.882. The zero-order valence-electron chi connectivity index (χ0n) is 24.2. The number of rotatable bonds is 15. The van der Waals surface area contributed by atoms with E-state index in [4.69, 9.17) is 9.47 Å². The van der Waals surface area contributed by atoms with Gasteiger partial charge in [0, 0.05) is 29.8 Å². The third kappa shape index (κ3) is 8.55. The van der Waals surface area contributed by atoms with Crippen molar-refractivity contribution in [1.29, 1.82) is 0 Å². The SMILES string of the molecule is COC(=O)[C@H](Cc1ccc(OCCN(CC2CC2)C(=O)Cc2ccsc2)cc1)Nc1ccccc1C(=O)c1ccccc1. The number of carbonyl (C=O) groups excluding carboxylic acids is 3. The van der Waals surface area contributed by atoms with Gasteiger partial charge in [-0.25, -0.2) is 4.79 Å². The number of thiophene rings is 1. The first-order chi connectivity index (χ1) is 21.0. The van der Waals surface area contributed by atoms with E-state index in [0.717, 1.165) is 17.7 Å². The summed E-state index contributed by atoms with van der Waals surface area (Å²) in [5.41, 5.74) is 3.58. The van der Waals surface area contributed by atoms with Crippen molar-refractivity contribution in [3.8, 4) is 5.75 Å². The average molecular weight is 597 g/mol. The quantitative estimate of drug-likeness (QED) is 0.133. The molecule has 1 N–H and O–H groups in total. The number of methoxy groups -OCH3 is 1. The molecule has 1 atom stereocenters. The maximum atomic E-state index is 13.2. The van der Waals surface area contributed by atoms with Crippen molar-refractivity contribution in [2.24, 2.45) is 5.92 Å². The van der Waals surface area contributed by atoms with E-state index in [1.54, 1.807) is 41.7 Å². The van der Waals surface area contributed by atoms with Crippen LogP contribution in [0.3, 0.4) is 0 Å². The van der Waals surface area contributed by atoms with E-state index in [9.17, 15) is 14.4 Å². The van der Waals surface area contributed by atoms with Crippen molar-refractivity contribution in [2.45, 2.75) is 31.7 Å². The topological polar surface area (TPSA) is 84.9 Å². The molecule has 0 aliphatic heterocycles. The number of esters is 1. The number of amides is 1. The van der Waals surface area contributed by atoms with E-state index in [2.05, 4.69) is 5.32 Å². The van der Waals surface area contributed by atoms with Crippen LogP contribution in [0.25, 0.3) is 0 Å². The molecule has 1 saturated carbocycles. The monoisotopic (exact) mass is 596 g/mol. The second kappa shape index (κ2) is 14.6. The molecule has 7 nitrogen and oxygen atoms in total. The first-order valence-electron chi connectivity index (χ1n) is 14.5. The van der Waals surface area contributed by atoms with E-state index in [0.29, 0.717) is 54.5 Å². The van der Waals surface area contributed by atoms with Crippen molar-refractivity contribution >= 4 is 34.7 Å². The van der Waals surface area contributed by atoms with Gasteiger partial charge in [-0.2, -0.15) is 11.3 Å². The Morgan fingerprint density at radius 1 is 0.930 bits per heavy atom. The van der Waals surface area contributed by atoms with Crippen molar-refractivity contribution < 1.29 is 23.9 Å². The van der Waals surface area contributed by atoms with Crippen LogP contribution in [0.15, 0.2) is 95.7 Å². The Hall–Kier alpha value is -4.43. The summed E-state index contributed by atoms with van der Waals surface area (Å²) in [6, 6.07) is 25.1. The normalized spacial score (nSPS) is 13.1. The molecule has 4 aromatic rings. The van der Waals surface area contributed by atoms with Gasteiger partial charge in [-0.1, -0.05) is 54.6 Å². The summed E-state index contributed by atoms with van der Waals surface area (Å²) in [7, 11) is 1.35. The second-order valence-corrected chi connectivity index (χ2v) is 11.5. The fourth-order valence-corrected chi connectivity index (χ4v) is 5.58. The molecule has 1 fully saturated rings. The molecule has 1 aromatic heterocycles. The summed E-state index contributed by atoms with van der Waals surface area (Å²) >= 11 is 1.60. The van der Waals surface area contributed by atoms with Crippen molar-refractivity contribution in [3.63, 3.8) is 0 Å². The van der Waals surface area contributed by atoms with E-state index >= 15 is 0 Å². The molecule has 1 amide bonds. The van der Waals surface area contributed by atoms with Gasteiger partial charge in [-0.3, -0.25) is 9.59 Å². The van der Waals surface area contributed by atoms with Gasteiger partial charge >= 0.3 is 5.97 Å². The Labute approximate surface area is 256 Å². The van der Waals surface area contributed by atoms with Gasteiger partial charge in [0.1, 0.15) is 18.4 Å². The Morgan fingerprint density at radius 3 is 2.37 bits per heavy atom. The largest absolute Gasteiger partial charge is 0.492 e. The third-order valence-electron chi connectivity index (χ3n) is 7.48. The number of hydrogen-bond donors (Lipinski definition) is 1. The second-order valence-electron chi connectivity index (χ2n) is 10.7. The van der Waals surface area contributed by atoms with Gasteiger partial charge in [0.05, 0.1) is 20.1 Å². The van der Waals surface area contributed by atoms with E-state index in [-0.39, 0.29) is 11.7 Å². The average Bonchev–Trinajstić information content (AvgIpc) is 3.72. The summed E-state index contributed by atoms with van der Waals surface area (Å²) in [6.07, 6.45) is 3.14. The molecule has 8 heteroatoms. The van der Waals surface area contributed by atoms with Gasteiger partial charge in [0.25, 0.3) is 0 Å². The molecule has 1 heterocycles. The van der Waals surface area contributed by atoms with Gasteiger partial charge in [0.2, 0.25) is 5.91 Å². The van der Waals surface area contributed by atoms with Crippen molar-refractivity contribution in [3.05, 3.63) is 118 Å². The lowest BCUT2D eigenvalue weighted by molar-refractivity contribution is -0.141. The predicted molar refractivity (Wildman–Crippen MR) is 169 cm³/mol. The van der Waals surface area contributed by atoms with Crippen molar-refractivity contribution in [1.82, 2.24) is 4.90 Å². The van der Waals surface area contributed by atoms with E-state index in [1.165, 1.54) is 20.0 Å². The fourth-order valence-electron chi connectivity index (χ4n) is 4.92. The molecular formula is C35H36N2O5S. The molecule has 0 radical (unpaired) electrons. The Morgan fingerprint density at radius 2 is 1.67 bits per heavy atom. The zero-order chi connectivity index (χ0) is 30.0. The first-order valence-corrected chi connectivity index (χ1v) is 15.5. The minimum absolute atomic E-state index is 0.127. The molecule has 222 valence electrons. The van der Waals surface area contributed by atoms with Crippen LogP contribution in [0.5, 0.6) is 5.75 Å². The number of hydrogen-bond acceptors (Lipinski definition) is 7. The highest BCUT2D eigenvalue weighted by Gasteiger charge is 2.27. The van der Waals surface area contributed by atoms with Crippen LogP contribution < -0.4 is 10.1 Å². The highest BCUT2D eigenvalue weighted by molar-refractivity contribution is 7.08. The van der Waals surface area contributed by atoms with Crippen LogP contribution >= 0.6 is 11.3 Å². The molecular weight excluding hydrogens is 560 g/mol. The minimum atomic E-state index is -0.702. The van der Waals surface area contributed by atoms with Gasteiger partial charge in [-0.15, -0.1) is 0 Å². The molecule has 43 heavy (non-hydrogen) atoms. The number of carbonyl (C=O) groups is 3. The molecule has 5 rings (SSSR count). The Balaban J connectivity index is 1.19. The number of nitrogens with zero attached hydrogens (tertiary/aromatic N) is 1. The van der Waals surface area contributed by atoms with E-state index in [1.807, 2.05) is 70.3 Å². The maximum Gasteiger partial charge on any atom is 0.328 e. The van der Waals surface area contributed by atoms with Crippen LogP contribution in [0, 0.1) is 5.92 Å². The maximum absolute atomic E-state index is 13.2. The van der Waals surface area contributed by atoms with Gasteiger partial charge in [-0.05, 0) is 71.0 Å². The third-order valence-corrected chi connectivity index (χ3v) is 8.21. The van der Waals surface area contributed by atoms with E-state index < -0.39 is 12.0 Å². The smallest absolute Gasteiger partial charge is 0.328 e. The lowest BCUT2D eigenvalue weighted by Crippen LogP contribution is -2.37. The Bertz CT molecular complexity index is 1500. The molecule has 0 bridgehead atoms. The van der Waals surface area contributed by atoms with Crippen molar-refractivity contribution in [2.75, 3.05) is 32.1 Å². The highest BCUT2D eigenvalue weighted by atomic mass is 32.1. The molecule has 0 spiro atoms. The minimum Gasteiger partial charge on any atom is -0.492 e. The summed E-state index contributed by atoms with van der Waals surface area (Å²) in [4.78, 5) is 40.8. The summed E-state index contributed by atoms with van der Waals surface area (Å²) < 4.78 is 11.1. The number of para-hydroxylation sites is 1. The van der Waals surface area contributed by atoms with Crippen LogP contribution in [-0.2, 0) is 27.2 Å². The molecule has 1 aliphatic carbocycles. The molecule has 1 aliphatic rings. The number of benzene rings is 3. The standard InChI is InChI=1S/C35H36N2O5S/c1-41-35(40)32(36-31-10-6-5-9-30(31)34(39)28-7-3-2-4-8-28)21-25-13-15-29(16-14-25)42-19-18-37(23-26-11-12-26)33(38)22-27-17-20-43-24-27/h2-10,13-17,20,24,26,32,36H,11-12,18-19,21-23H2,1H3/t32-/m0/s1. The lowest BCUT2D eigenvalue weighted by atomic mass is 10.00. The van der Waals surface area contributed by atoms with Crippen LogP contribution in [0.1, 0.15) is 39.9 Å². The predicted octanol–water partition coefficient (Wildman–Crippen LogP) is 6.04.